The van der Waals surface area contributed by atoms with E-state index >= 15 is 0 Å². The number of nitrogens with one attached hydrogen (secondary N) is 1. The highest BCUT2D eigenvalue weighted by atomic mass is 32.2. The van der Waals surface area contributed by atoms with E-state index in [4.69, 9.17) is 14.7 Å². The minimum absolute atomic E-state index is 0.00542. The first-order chi connectivity index (χ1) is 9.69. The van der Waals surface area contributed by atoms with Crippen molar-refractivity contribution in [2.24, 2.45) is 0 Å². The molecule has 0 aromatic carbocycles. The van der Waals surface area contributed by atoms with Crippen LogP contribution in [0.15, 0.2) is 0 Å². The van der Waals surface area contributed by atoms with E-state index in [-0.39, 0.29) is 6.10 Å². The molecule has 110 valence electrons. The molecule has 6 heteroatoms. The molecule has 0 spiro atoms. The van der Waals surface area contributed by atoms with Crippen LogP contribution in [0.25, 0.3) is 0 Å². The van der Waals surface area contributed by atoms with Gasteiger partial charge in [0.25, 0.3) is 0 Å². The molecule has 20 heavy (non-hydrogen) atoms. The van der Waals surface area contributed by atoms with Gasteiger partial charge in [0.1, 0.15) is 11.9 Å². The monoisotopic (exact) mass is 294 g/mol. The Hall–Kier alpha value is -0.850. The summed E-state index contributed by atoms with van der Waals surface area (Å²) in [6.07, 6.45) is -0.00542. The van der Waals surface area contributed by atoms with Crippen molar-refractivity contribution in [1.82, 2.24) is 14.9 Å². The molecule has 0 radical (unpaired) electrons. The van der Waals surface area contributed by atoms with Crippen LogP contribution in [0.4, 0.5) is 5.82 Å². The number of ether oxygens (including phenoxy) is 1. The Bertz CT molecular complexity index is 494. The van der Waals surface area contributed by atoms with Crippen LogP contribution in [0.2, 0.25) is 0 Å². The molecule has 2 aliphatic rings. The zero-order valence-electron chi connectivity index (χ0n) is 12.3. The molecule has 0 saturated carbocycles. The Balaban J connectivity index is 1.86. The quantitative estimate of drug-likeness (QED) is 0.921. The summed E-state index contributed by atoms with van der Waals surface area (Å²) in [7, 11) is 1.93. The average molecular weight is 294 g/mol. The zero-order valence-corrected chi connectivity index (χ0v) is 13.2. The minimum atomic E-state index is -0.00542. The summed E-state index contributed by atoms with van der Waals surface area (Å²) in [5, 5.41) is 3.21. The number of fused-ring (bicyclic) bond motifs is 1. The highest BCUT2D eigenvalue weighted by molar-refractivity contribution is 7.98. The summed E-state index contributed by atoms with van der Waals surface area (Å²) in [5.74, 6) is 3.80. The number of rotatable bonds is 3. The number of hydrogen-bond acceptors (Lipinski definition) is 6. The summed E-state index contributed by atoms with van der Waals surface area (Å²) < 4.78 is 5.90. The van der Waals surface area contributed by atoms with Gasteiger partial charge in [-0.05, 0) is 13.8 Å². The molecule has 1 aromatic heterocycles. The number of nitrogens with zero attached hydrogens (tertiary/aromatic N) is 3. The minimum Gasteiger partial charge on any atom is -0.373 e. The van der Waals surface area contributed by atoms with Crippen LogP contribution in [-0.4, -0.2) is 47.7 Å². The SMILES string of the molecule is CNc1nc(C2CN(C(C)C)CCO2)nc2c1CSC2. The van der Waals surface area contributed by atoms with Crippen LogP contribution in [0.1, 0.15) is 37.0 Å². The van der Waals surface area contributed by atoms with Gasteiger partial charge in [-0.3, -0.25) is 4.90 Å². The van der Waals surface area contributed by atoms with Gasteiger partial charge in [0.05, 0.1) is 12.3 Å². The fraction of sp³-hybridized carbons (Fsp3) is 0.714. The van der Waals surface area contributed by atoms with Gasteiger partial charge in [-0.2, -0.15) is 11.8 Å². The molecule has 3 rings (SSSR count). The average Bonchev–Trinajstić information content (AvgIpc) is 2.94. The molecule has 1 fully saturated rings. The van der Waals surface area contributed by atoms with Gasteiger partial charge in [-0.15, -0.1) is 0 Å². The van der Waals surface area contributed by atoms with E-state index in [1.165, 1.54) is 11.3 Å². The molecule has 1 unspecified atom stereocenters. The predicted octanol–water partition coefficient (Wildman–Crippen LogP) is 2.05. The Morgan fingerprint density at radius 3 is 2.95 bits per heavy atom. The van der Waals surface area contributed by atoms with Gasteiger partial charge in [0.2, 0.25) is 0 Å². The standard InChI is InChI=1S/C14H22N4OS/c1-9(2)18-4-5-19-12(6-18)14-16-11-8-20-7-10(11)13(15-3)17-14/h9,12H,4-8H2,1-3H3,(H,15,16,17). The lowest BCUT2D eigenvalue weighted by atomic mass is 10.2. The molecule has 0 amide bonds. The van der Waals surface area contributed by atoms with Crippen LogP contribution in [0.3, 0.4) is 0 Å². The Kier molecular flexibility index (Phi) is 4.14. The van der Waals surface area contributed by atoms with Gasteiger partial charge in [0, 0.05) is 43.2 Å². The van der Waals surface area contributed by atoms with E-state index < -0.39 is 0 Å². The third-order valence-corrected chi connectivity index (χ3v) is 4.92. The van der Waals surface area contributed by atoms with Gasteiger partial charge in [-0.25, -0.2) is 9.97 Å². The smallest absolute Gasteiger partial charge is 0.161 e. The highest BCUT2D eigenvalue weighted by Crippen LogP contribution is 2.34. The first-order valence-electron chi connectivity index (χ1n) is 7.20. The maximum absolute atomic E-state index is 5.90. The first kappa shape index (κ1) is 14.1. The molecular formula is C14H22N4OS. The van der Waals surface area contributed by atoms with Crippen LogP contribution in [-0.2, 0) is 16.2 Å². The fourth-order valence-electron chi connectivity index (χ4n) is 2.72. The van der Waals surface area contributed by atoms with Gasteiger partial charge in [-0.1, -0.05) is 0 Å². The molecule has 3 heterocycles. The normalized spacial score (nSPS) is 23.1. The number of thioether (sulfide) groups is 1. The molecule has 5 nitrogen and oxygen atoms in total. The maximum atomic E-state index is 5.90. The largest absolute Gasteiger partial charge is 0.373 e. The summed E-state index contributed by atoms with van der Waals surface area (Å²) in [6.45, 7) is 7.08. The van der Waals surface area contributed by atoms with Crippen LogP contribution in [0, 0.1) is 0 Å². The van der Waals surface area contributed by atoms with Gasteiger partial charge in [0.15, 0.2) is 5.82 Å². The summed E-state index contributed by atoms with van der Waals surface area (Å²) in [4.78, 5) is 11.9. The van der Waals surface area contributed by atoms with E-state index in [0.29, 0.717) is 6.04 Å². The predicted molar refractivity (Wildman–Crippen MR) is 82.0 cm³/mol. The van der Waals surface area contributed by atoms with Crippen molar-refractivity contribution in [2.75, 3.05) is 32.1 Å². The van der Waals surface area contributed by atoms with Crippen LogP contribution >= 0.6 is 11.8 Å². The molecule has 2 aliphatic heterocycles. The van der Waals surface area contributed by atoms with Crippen molar-refractivity contribution in [1.29, 1.82) is 0 Å². The molecule has 0 aliphatic carbocycles. The summed E-state index contributed by atoms with van der Waals surface area (Å²) in [5.41, 5.74) is 2.44. The van der Waals surface area contributed by atoms with Crippen molar-refractivity contribution in [3.8, 4) is 0 Å². The van der Waals surface area contributed by atoms with Crippen molar-refractivity contribution in [3.63, 3.8) is 0 Å². The van der Waals surface area contributed by atoms with E-state index in [0.717, 1.165) is 42.8 Å². The Labute approximate surface area is 124 Å². The van der Waals surface area contributed by atoms with Crippen LogP contribution < -0.4 is 5.32 Å². The van der Waals surface area contributed by atoms with Crippen molar-refractivity contribution in [3.05, 3.63) is 17.1 Å². The van der Waals surface area contributed by atoms with E-state index in [9.17, 15) is 0 Å². The zero-order chi connectivity index (χ0) is 14.1. The van der Waals surface area contributed by atoms with Crippen molar-refractivity contribution < 1.29 is 4.74 Å². The second-order valence-electron chi connectivity index (χ2n) is 5.55. The van der Waals surface area contributed by atoms with Crippen molar-refractivity contribution in [2.45, 2.75) is 37.5 Å². The molecule has 1 saturated heterocycles. The topological polar surface area (TPSA) is 50.3 Å². The molecule has 1 N–H and O–H groups in total. The molecule has 0 bridgehead atoms. The number of hydrogen-bond donors (Lipinski definition) is 1. The molecular weight excluding hydrogens is 272 g/mol. The van der Waals surface area contributed by atoms with E-state index in [2.05, 4.69) is 24.1 Å². The van der Waals surface area contributed by atoms with E-state index in [1.807, 2.05) is 18.8 Å². The van der Waals surface area contributed by atoms with Crippen molar-refractivity contribution >= 4 is 17.6 Å². The summed E-state index contributed by atoms with van der Waals surface area (Å²) >= 11 is 1.90. The lowest BCUT2D eigenvalue weighted by Gasteiger charge is -2.34. The van der Waals surface area contributed by atoms with E-state index in [1.54, 1.807) is 0 Å². The number of aromatic nitrogens is 2. The third-order valence-electron chi connectivity index (χ3n) is 3.95. The maximum Gasteiger partial charge on any atom is 0.161 e. The van der Waals surface area contributed by atoms with Gasteiger partial charge >= 0.3 is 0 Å². The second-order valence-corrected chi connectivity index (χ2v) is 6.53. The molecule has 1 atom stereocenters. The Morgan fingerprint density at radius 2 is 2.20 bits per heavy atom. The number of morpholine rings is 1. The number of anilines is 1. The highest BCUT2D eigenvalue weighted by Gasteiger charge is 2.28. The first-order valence-corrected chi connectivity index (χ1v) is 8.35. The lowest BCUT2D eigenvalue weighted by molar-refractivity contribution is -0.0442. The second kappa shape index (κ2) is 5.87. The summed E-state index contributed by atoms with van der Waals surface area (Å²) in [6, 6.07) is 0.537. The lowest BCUT2D eigenvalue weighted by Crippen LogP contribution is -2.42. The Morgan fingerprint density at radius 1 is 1.35 bits per heavy atom. The molecule has 1 aromatic rings. The van der Waals surface area contributed by atoms with Gasteiger partial charge < -0.3 is 10.1 Å². The fourth-order valence-corrected chi connectivity index (χ4v) is 3.76. The van der Waals surface area contributed by atoms with Crippen LogP contribution in [0.5, 0.6) is 0 Å². The third kappa shape index (κ3) is 2.64.